The lowest BCUT2D eigenvalue weighted by molar-refractivity contribution is -0.138. The zero-order chi connectivity index (χ0) is 7.98. The molecule has 1 atom stereocenters. The summed E-state index contributed by atoms with van der Waals surface area (Å²) < 4.78 is 0. The summed E-state index contributed by atoms with van der Waals surface area (Å²) in [6.07, 6.45) is 0.969. The molecular formula is C5H12N2O3. The van der Waals surface area contributed by atoms with Crippen LogP contribution < -0.4 is 11.6 Å². The molecular weight excluding hydrogens is 136 g/mol. The van der Waals surface area contributed by atoms with E-state index in [1.807, 2.05) is 0 Å². The summed E-state index contributed by atoms with van der Waals surface area (Å²) >= 11 is 0. The lowest BCUT2D eigenvalue weighted by atomic mass is 10.2. The van der Waals surface area contributed by atoms with Gasteiger partial charge >= 0.3 is 5.97 Å². The molecule has 5 N–H and O–H groups in total. The van der Waals surface area contributed by atoms with Gasteiger partial charge in [0.1, 0.15) is 6.04 Å². The molecule has 10 heavy (non-hydrogen) atoms. The highest BCUT2D eigenvalue weighted by molar-refractivity contribution is 5.72. The fourth-order valence-electron chi connectivity index (χ4n) is 0.510. The topological polar surface area (TPSA) is 98.6 Å². The summed E-state index contributed by atoms with van der Waals surface area (Å²) in [7, 11) is 0. The zero-order valence-corrected chi connectivity index (χ0v) is 5.62. The summed E-state index contributed by atoms with van der Waals surface area (Å²) in [6, 6.07) is -0.796. The Morgan fingerprint density at radius 2 is 2.30 bits per heavy atom. The molecule has 0 aliphatic carbocycles. The number of nitrogens with two attached hydrogens (primary N) is 2. The molecule has 0 aromatic carbocycles. The second-order valence-corrected chi connectivity index (χ2v) is 1.96. The van der Waals surface area contributed by atoms with Crippen molar-refractivity contribution in [3.8, 4) is 0 Å². The van der Waals surface area contributed by atoms with Gasteiger partial charge in [0.05, 0.1) is 6.61 Å². The van der Waals surface area contributed by atoms with Crippen molar-refractivity contribution in [1.29, 1.82) is 0 Å². The lowest BCUT2D eigenvalue weighted by Gasteiger charge is -2.03. The molecule has 0 aromatic rings. The van der Waals surface area contributed by atoms with Gasteiger partial charge in [-0.2, -0.15) is 0 Å². The second kappa shape index (κ2) is 5.16. The highest BCUT2D eigenvalue weighted by Gasteiger charge is 2.09. The Labute approximate surface area is 58.9 Å². The molecule has 0 fully saturated rings. The first-order chi connectivity index (χ1) is 4.68. The van der Waals surface area contributed by atoms with Gasteiger partial charge < -0.3 is 15.7 Å². The van der Waals surface area contributed by atoms with Crippen LogP contribution in [-0.4, -0.2) is 23.7 Å². The van der Waals surface area contributed by atoms with E-state index in [9.17, 15) is 4.79 Å². The standard InChI is InChI=1S/C5H12N2O3/c6-4(5(8)9)2-1-3-10-7/h4H,1-3,6-7H2,(H,8,9)/t4-/m0/s1. The molecule has 0 aliphatic heterocycles. The van der Waals surface area contributed by atoms with Crippen molar-refractivity contribution in [3.63, 3.8) is 0 Å². The van der Waals surface area contributed by atoms with Crippen molar-refractivity contribution in [1.82, 2.24) is 0 Å². The van der Waals surface area contributed by atoms with Crippen LogP contribution in [0.1, 0.15) is 12.8 Å². The average molecular weight is 148 g/mol. The molecule has 0 radical (unpaired) electrons. The average Bonchev–Trinajstić information content (AvgIpc) is 1.88. The maximum atomic E-state index is 10.1. The minimum Gasteiger partial charge on any atom is -0.480 e. The predicted molar refractivity (Wildman–Crippen MR) is 35.0 cm³/mol. The van der Waals surface area contributed by atoms with E-state index in [4.69, 9.17) is 16.7 Å². The van der Waals surface area contributed by atoms with Crippen molar-refractivity contribution in [2.45, 2.75) is 18.9 Å². The van der Waals surface area contributed by atoms with Crippen molar-refractivity contribution < 1.29 is 14.7 Å². The van der Waals surface area contributed by atoms with Crippen LogP contribution in [-0.2, 0) is 9.63 Å². The summed E-state index contributed by atoms with van der Waals surface area (Å²) in [5.74, 6) is 3.71. The van der Waals surface area contributed by atoms with Crippen LogP contribution in [0.3, 0.4) is 0 Å². The maximum absolute atomic E-state index is 10.1. The van der Waals surface area contributed by atoms with Gasteiger partial charge in [-0.15, -0.1) is 0 Å². The lowest BCUT2D eigenvalue weighted by Crippen LogP contribution is -2.30. The van der Waals surface area contributed by atoms with Gasteiger partial charge in [-0.3, -0.25) is 4.79 Å². The SMILES string of the molecule is NOCCC[C@H](N)C(=O)O. The Morgan fingerprint density at radius 1 is 1.70 bits per heavy atom. The van der Waals surface area contributed by atoms with Crippen LogP contribution in [0.15, 0.2) is 0 Å². The minimum absolute atomic E-state index is 0.348. The zero-order valence-electron chi connectivity index (χ0n) is 5.62. The van der Waals surface area contributed by atoms with E-state index in [0.717, 1.165) is 0 Å². The number of hydrogen-bond donors (Lipinski definition) is 3. The van der Waals surface area contributed by atoms with Crippen molar-refractivity contribution >= 4 is 5.97 Å². The monoisotopic (exact) mass is 148 g/mol. The number of carboxylic acids is 1. The number of hydrogen-bond acceptors (Lipinski definition) is 4. The molecule has 0 saturated heterocycles. The number of carboxylic acid groups (broad SMARTS) is 1. The van der Waals surface area contributed by atoms with E-state index in [2.05, 4.69) is 4.84 Å². The van der Waals surface area contributed by atoms with E-state index >= 15 is 0 Å². The van der Waals surface area contributed by atoms with Crippen molar-refractivity contribution in [2.75, 3.05) is 6.61 Å². The van der Waals surface area contributed by atoms with E-state index in [1.165, 1.54) is 0 Å². The maximum Gasteiger partial charge on any atom is 0.320 e. The molecule has 0 heterocycles. The van der Waals surface area contributed by atoms with Crippen LogP contribution in [0.5, 0.6) is 0 Å². The van der Waals surface area contributed by atoms with E-state index < -0.39 is 12.0 Å². The highest BCUT2D eigenvalue weighted by atomic mass is 16.6. The fraction of sp³-hybridized carbons (Fsp3) is 0.800. The van der Waals surface area contributed by atoms with Gasteiger partial charge in [0.2, 0.25) is 0 Å². The minimum atomic E-state index is -0.989. The van der Waals surface area contributed by atoms with Gasteiger partial charge in [0.25, 0.3) is 0 Å². The van der Waals surface area contributed by atoms with Gasteiger partial charge in [-0.1, -0.05) is 0 Å². The molecule has 0 unspecified atom stereocenters. The van der Waals surface area contributed by atoms with Gasteiger partial charge in [0, 0.05) is 0 Å². The number of aliphatic carboxylic acids is 1. The molecule has 0 rings (SSSR count). The Morgan fingerprint density at radius 3 is 2.70 bits per heavy atom. The molecule has 5 nitrogen and oxygen atoms in total. The highest BCUT2D eigenvalue weighted by Crippen LogP contribution is 1.93. The van der Waals surface area contributed by atoms with E-state index in [-0.39, 0.29) is 0 Å². The molecule has 5 heteroatoms. The summed E-state index contributed by atoms with van der Waals surface area (Å²) in [5, 5.41) is 8.28. The normalized spacial score (nSPS) is 13.0. The Balaban J connectivity index is 3.21. The van der Waals surface area contributed by atoms with Gasteiger partial charge in [0.15, 0.2) is 0 Å². The summed E-state index contributed by atoms with van der Waals surface area (Å²) in [6.45, 7) is 0.348. The second-order valence-electron chi connectivity index (χ2n) is 1.96. The van der Waals surface area contributed by atoms with Crippen LogP contribution in [0.4, 0.5) is 0 Å². The largest absolute Gasteiger partial charge is 0.480 e. The third-order valence-electron chi connectivity index (χ3n) is 1.09. The Bertz CT molecular complexity index is 107. The van der Waals surface area contributed by atoms with Crippen LogP contribution >= 0.6 is 0 Å². The number of carbonyl (C=O) groups is 1. The van der Waals surface area contributed by atoms with E-state index in [1.54, 1.807) is 0 Å². The third kappa shape index (κ3) is 4.25. The predicted octanol–water partition coefficient (Wildman–Crippen LogP) is -0.931. The smallest absolute Gasteiger partial charge is 0.320 e. The summed E-state index contributed by atoms with van der Waals surface area (Å²) in [4.78, 5) is 14.3. The molecule has 0 amide bonds. The fourth-order valence-corrected chi connectivity index (χ4v) is 0.510. The molecule has 0 bridgehead atoms. The molecule has 0 aliphatic rings. The molecule has 0 aromatic heterocycles. The van der Waals surface area contributed by atoms with E-state index in [0.29, 0.717) is 19.4 Å². The molecule has 0 spiro atoms. The Kier molecular flexibility index (Phi) is 4.82. The first-order valence-electron chi connectivity index (χ1n) is 2.98. The van der Waals surface area contributed by atoms with Crippen LogP contribution in [0, 0.1) is 0 Å². The Hall–Kier alpha value is -0.650. The van der Waals surface area contributed by atoms with Gasteiger partial charge in [-0.25, -0.2) is 5.90 Å². The summed E-state index contributed by atoms with van der Waals surface area (Å²) in [5.41, 5.74) is 5.16. The van der Waals surface area contributed by atoms with Crippen LogP contribution in [0.25, 0.3) is 0 Å². The first-order valence-corrected chi connectivity index (χ1v) is 2.98. The van der Waals surface area contributed by atoms with Crippen molar-refractivity contribution in [3.05, 3.63) is 0 Å². The van der Waals surface area contributed by atoms with Crippen molar-refractivity contribution in [2.24, 2.45) is 11.6 Å². The molecule has 60 valence electrons. The van der Waals surface area contributed by atoms with Gasteiger partial charge in [-0.05, 0) is 12.8 Å². The molecule has 0 saturated carbocycles. The third-order valence-corrected chi connectivity index (χ3v) is 1.09. The first kappa shape index (κ1) is 9.35. The van der Waals surface area contributed by atoms with Crippen LogP contribution in [0.2, 0.25) is 0 Å². The quantitative estimate of drug-likeness (QED) is 0.345. The number of rotatable bonds is 5.